The molecule has 24 heavy (non-hydrogen) atoms. The molecule has 0 aromatic carbocycles. The Kier molecular flexibility index (Phi) is 5.61. The van der Waals surface area contributed by atoms with Crippen molar-refractivity contribution in [1.29, 1.82) is 0 Å². The van der Waals surface area contributed by atoms with Crippen molar-refractivity contribution in [2.75, 3.05) is 46.9 Å². The minimum Gasteiger partial charge on any atom is -0.462 e. The number of piperazine rings is 1. The Morgan fingerprint density at radius 1 is 1.17 bits per heavy atom. The van der Waals surface area contributed by atoms with Gasteiger partial charge in [0.15, 0.2) is 0 Å². The maximum absolute atomic E-state index is 12.1. The van der Waals surface area contributed by atoms with E-state index in [9.17, 15) is 8.42 Å². The molecule has 0 radical (unpaired) electrons. The SMILES string of the molecule is CN(C)S(=O)(=O)N1CCN(Cc2ccc([C@@H]3CCCCO3)o2)CC1. The zero-order valence-corrected chi connectivity index (χ0v) is 15.3. The number of hydrogen-bond donors (Lipinski definition) is 0. The second-order valence-corrected chi connectivity index (χ2v) is 8.77. The Bertz CT molecular complexity index is 630. The lowest BCUT2D eigenvalue weighted by Crippen LogP contribution is -2.51. The van der Waals surface area contributed by atoms with Crippen LogP contribution in [-0.4, -0.2) is 68.8 Å². The number of hydrogen-bond acceptors (Lipinski definition) is 5. The zero-order valence-electron chi connectivity index (χ0n) is 14.5. The molecule has 7 nitrogen and oxygen atoms in total. The summed E-state index contributed by atoms with van der Waals surface area (Å²) in [6.07, 6.45) is 3.43. The molecular weight excluding hydrogens is 330 g/mol. The van der Waals surface area contributed by atoms with E-state index >= 15 is 0 Å². The molecule has 1 atom stereocenters. The van der Waals surface area contributed by atoms with Crippen molar-refractivity contribution in [1.82, 2.24) is 13.5 Å². The van der Waals surface area contributed by atoms with Gasteiger partial charge in [0.05, 0.1) is 6.54 Å². The summed E-state index contributed by atoms with van der Waals surface area (Å²) in [5, 5.41) is 0. The van der Waals surface area contributed by atoms with Crippen LogP contribution >= 0.6 is 0 Å². The predicted molar refractivity (Wildman–Crippen MR) is 90.7 cm³/mol. The third-order valence-electron chi connectivity index (χ3n) is 4.68. The minimum absolute atomic E-state index is 0.0922. The lowest BCUT2D eigenvalue weighted by atomic mass is 10.1. The summed E-state index contributed by atoms with van der Waals surface area (Å²) < 4.78 is 38.8. The van der Waals surface area contributed by atoms with Crippen LogP contribution < -0.4 is 0 Å². The van der Waals surface area contributed by atoms with E-state index < -0.39 is 10.2 Å². The molecule has 0 N–H and O–H groups in total. The molecule has 0 bridgehead atoms. The normalized spacial score (nSPS) is 24.5. The van der Waals surface area contributed by atoms with E-state index in [-0.39, 0.29) is 6.10 Å². The molecule has 2 saturated heterocycles. The Labute approximate surface area is 144 Å². The fraction of sp³-hybridized carbons (Fsp3) is 0.750. The Hall–Kier alpha value is -0.930. The lowest BCUT2D eigenvalue weighted by Gasteiger charge is -2.34. The van der Waals surface area contributed by atoms with Gasteiger partial charge in [0.25, 0.3) is 10.2 Å². The molecule has 2 aliphatic rings. The van der Waals surface area contributed by atoms with Gasteiger partial charge in [0, 0.05) is 46.9 Å². The van der Waals surface area contributed by atoms with E-state index in [1.807, 2.05) is 12.1 Å². The van der Waals surface area contributed by atoms with Crippen LogP contribution in [0.4, 0.5) is 0 Å². The number of furan rings is 1. The van der Waals surface area contributed by atoms with Gasteiger partial charge >= 0.3 is 0 Å². The summed E-state index contributed by atoms with van der Waals surface area (Å²) in [5.74, 6) is 1.83. The highest BCUT2D eigenvalue weighted by atomic mass is 32.2. The summed E-state index contributed by atoms with van der Waals surface area (Å²) in [6.45, 7) is 3.97. The average Bonchev–Trinajstić information content (AvgIpc) is 3.04. The summed E-state index contributed by atoms with van der Waals surface area (Å²) in [4.78, 5) is 2.23. The number of rotatable bonds is 5. The van der Waals surface area contributed by atoms with E-state index in [1.54, 1.807) is 14.1 Å². The Balaban J connectivity index is 1.52. The average molecular weight is 357 g/mol. The second-order valence-electron chi connectivity index (χ2n) is 6.62. The van der Waals surface area contributed by atoms with Crippen LogP contribution in [0.15, 0.2) is 16.5 Å². The predicted octanol–water partition coefficient (Wildman–Crippen LogP) is 1.45. The van der Waals surface area contributed by atoms with Gasteiger partial charge in [0.1, 0.15) is 17.6 Å². The van der Waals surface area contributed by atoms with Gasteiger partial charge in [-0.2, -0.15) is 17.0 Å². The molecule has 3 rings (SSSR count). The van der Waals surface area contributed by atoms with Crippen LogP contribution in [0.2, 0.25) is 0 Å². The topological polar surface area (TPSA) is 66.2 Å². The lowest BCUT2D eigenvalue weighted by molar-refractivity contribution is 0.000740. The summed E-state index contributed by atoms with van der Waals surface area (Å²) in [7, 11) is -0.169. The molecule has 0 spiro atoms. The molecule has 0 saturated carbocycles. The van der Waals surface area contributed by atoms with Crippen LogP contribution in [-0.2, 0) is 21.5 Å². The van der Waals surface area contributed by atoms with Crippen molar-refractivity contribution in [3.05, 3.63) is 23.7 Å². The van der Waals surface area contributed by atoms with E-state index in [4.69, 9.17) is 9.15 Å². The van der Waals surface area contributed by atoms with Crippen LogP contribution in [0.5, 0.6) is 0 Å². The highest BCUT2D eigenvalue weighted by Crippen LogP contribution is 2.29. The summed E-state index contributed by atoms with van der Waals surface area (Å²) >= 11 is 0. The van der Waals surface area contributed by atoms with Gasteiger partial charge < -0.3 is 9.15 Å². The maximum atomic E-state index is 12.1. The van der Waals surface area contributed by atoms with Crippen molar-refractivity contribution in [2.45, 2.75) is 31.9 Å². The Morgan fingerprint density at radius 2 is 1.92 bits per heavy atom. The summed E-state index contributed by atoms with van der Waals surface area (Å²) in [6, 6.07) is 4.02. The fourth-order valence-corrected chi connectivity index (χ4v) is 4.27. The standard InChI is InChI=1S/C16H27N3O4S/c1-17(2)24(20,21)19-10-8-18(9-11-19)13-14-6-7-16(23-14)15-5-3-4-12-22-15/h6-7,15H,3-5,8-13H2,1-2H3/t15-/m0/s1. The van der Waals surface area contributed by atoms with Crippen LogP contribution in [0.1, 0.15) is 36.9 Å². The van der Waals surface area contributed by atoms with Crippen molar-refractivity contribution in [3.63, 3.8) is 0 Å². The van der Waals surface area contributed by atoms with Crippen LogP contribution in [0.3, 0.4) is 0 Å². The van der Waals surface area contributed by atoms with Gasteiger partial charge in [-0.1, -0.05) is 0 Å². The first-order valence-corrected chi connectivity index (χ1v) is 9.96. The molecule has 3 heterocycles. The van der Waals surface area contributed by atoms with Gasteiger partial charge in [-0.25, -0.2) is 0 Å². The van der Waals surface area contributed by atoms with E-state index in [2.05, 4.69) is 4.90 Å². The van der Waals surface area contributed by atoms with Crippen LogP contribution in [0, 0.1) is 0 Å². The molecule has 1 aromatic rings. The monoisotopic (exact) mass is 357 g/mol. The van der Waals surface area contributed by atoms with Crippen molar-refractivity contribution < 1.29 is 17.6 Å². The fourth-order valence-electron chi connectivity index (χ4n) is 3.19. The number of nitrogens with zero attached hydrogens (tertiary/aromatic N) is 3. The first-order valence-electron chi connectivity index (χ1n) is 8.57. The van der Waals surface area contributed by atoms with Crippen molar-refractivity contribution >= 4 is 10.2 Å². The summed E-state index contributed by atoms with van der Waals surface area (Å²) in [5.41, 5.74) is 0. The van der Waals surface area contributed by atoms with Gasteiger partial charge in [-0.15, -0.1) is 0 Å². The van der Waals surface area contributed by atoms with Crippen molar-refractivity contribution in [2.24, 2.45) is 0 Å². The maximum Gasteiger partial charge on any atom is 0.281 e. The first-order chi connectivity index (χ1) is 11.5. The number of ether oxygens (including phenoxy) is 1. The molecule has 8 heteroatoms. The van der Waals surface area contributed by atoms with Crippen molar-refractivity contribution in [3.8, 4) is 0 Å². The molecular formula is C16H27N3O4S. The zero-order chi connectivity index (χ0) is 17.2. The Morgan fingerprint density at radius 3 is 2.54 bits per heavy atom. The molecule has 1 aromatic heterocycles. The van der Waals surface area contributed by atoms with E-state index in [0.29, 0.717) is 32.7 Å². The quantitative estimate of drug-likeness (QED) is 0.798. The first kappa shape index (κ1) is 17.9. The molecule has 2 aliphatic heterocycles. The molecule has 2 fully saturated rings. The smallest absolute Gasteiger partial charge is 0.281 e. The van der Waals surface area contributed by atoms with E-state index in [1.165, 1.54) is 15.0 Å². The molecule has 0 amide bonds. The largest absolute Gasteiger partial charge is 0.462 e. The van der Waals surface area contributed by atoms with Gasteiger partial charge in [-0.3, -0.25) is 4.90 Å². The molecule has 0 unspecified atom stereocenters. The molecule has 136 valence electrons. The van der Waals surface area contributed by atoms with Gasteiger partial charge in [0.2, 0.25) is 0 Å². The third kappa shape index (κ3) is 4.00. The van der Waals surface area contributed by atoms with Crippen LogP contribution in [0.25, 0.3) is 0 Å². The van der Waals surface area contributed by atoms with Gasteiger partial charge in [-0.05, 0) is 31.4 Å². The van der Waals surface area contributed by atoms with E-state index in [0.717, 1.165) is 31.0 Å². The highest BCUT2D eigenvalue weighted by molar-refractivity contribution is 7.86. The third-order valence-corrected chi connectivity index (χ3v) is 6.62. The second kappa shape index (κ2) is 7.53. The minimum atomic E-state index is -3.31. The molecule has 0 aliphatic carbocycles. The highest BCUT2D eigenvalue weighted by Gasteiger charge is 2.29.